The predicted octanol–water partition coefficient (Wildman–Crippen LogP) is 3.77. The van der Waals surface area contributed by atoms with Crippen molar-refractivity contribution in [2.24, 2.45) is 0 Å². The number of alkyl halides is 3. The third-order valence-corrected chi connectivity index (χ3v) is 4.65. The molecule has 0 unspecified atom stereocenters. The number of rotatable bonds is 5. The van der Waals surface area contributed by atoms with E-state index in [4.69, 9.17) is 0 Å². The van der Waals surface area contributed by atoms with E-state index >= 15 is 0 Å². The standard InChI is InChI=1S/C22H19F3N4O3/c1-13-3-6-17(11-14(13)2)27-21(32)18-9-10-20(31)29(28-18)12-19(30)26-16-7-4-15(5-8-16)22(23,24)25/h3-11H,12H2,1-2H3,(H,26,30)(H,27,32). The van der Waals surface area contributed by atoms with Gasteiger partial charge in [-0.25, -0.2) is 4.68 Å². The number of amides is 2. The van der Waals surface area contributed by atoms with Crippen molar-refractivity contribution in [2.45, 2.75) is 26.6 Å². The van der Waals surface area contributed by atoms with E-state index in [1.165, 1.54) is 6.07 Å². The third-order valence-electron chi connectivity index (χ3n) is 4.65. The molecule has 2 aromatic carbocycles. The molecule has 0 fully saturated rings. The molecule has 0 saturated carbocycles. The molecule has 10 heteroatoms. The van der Waals surface area contributed by atoms with Crippen LogP contribution in [0, 0.1) is 13.8 Å². The van der Waals surface area contributed by atoms with Gasteiger partial charge in [0.15, 0.2) is 0 Å². The summed E-state index contributed by atoms with van der Waals surface area (Å²) in [7, 11) is 0. The van der Waals surface area contributed by atoms with Gasteiger partial charge >= 0.3 is 6.18 Å². The lowest BCUT2D eigenvalue weighted by Crippen LogP contribution is -2.31. The predicted molar refractivity (Wildman–Crippen MR) is 112 cm³/mol. The van der Waals surface area contributed by atoms with Crippen molar-refractivity contribution >= 4 is 23.2 Å². The number of hydrogen-bond donors (Lipinski definition) is 2. The number of aryl methyl sites for hydroxylation is 2. The molecule has 7 nitrogen and oxygen atoms in total. The van der Waals surface area contributed by atoms with E-state index in [1.807, 2.05) is 19.9 Å². The van der Waals surface area contributed by atoms with Crippen LogP contribution in [0.2, 0.25) is 0 Å². The van der Waals surface area contributed by atoms with Crippen molar-refractivity contribution in [3.63, 3.8) is 0 Å². The first-order valence-electron chi connectivity index (χ1n) is 9.47. The molecule has 2 N–H and O–H groups in total. The number of carbonyl (C=O) groups is 2. The van der Waals surface area contributed by atoms with Gasteiger partial charge in [0.25, 0.3) is 11.5 Å². The summed E-state index contributed by atoms with van der Waals surface area (Å²) in [5, 5.41) is 8.98. The number of benzene rings is 2. The minimum Gasteiger partial charge on any atom is -0.324 e. The second-order valence-electron chi connectivity index (χ2n) is 7.09. The molecular weight excluding hydrogens is 425 g/mol. The van der Waals surface area contributed by atoms with E-state index in [0.29, 0.717) is 5.69 Å². The number of halogens is 3. The van der Waals surface area contributed by atoms with Crippen molar-refractivity contribution in [1.29, 1.82) is 0 Å². The maximum absolute atomic E-state index is 12.6. The molecule has 0 aliphatic carbocycles. The van der Waals surface area contributed by atoms with Gasteiger partial charge in [0.1, 0.15) is 12.2 Å². The highest BCUT2D eigenvalue weighted by Crippen LogP contribution is 2.29. The van der Waals surface area contributed by atoms with Crippen LogP contribution in [0.1, 0.15) is 27.2 Å². The summed E-state index contributed by atoms with van der Waals surface area (Å²) in [6.45, 7) is 3.32. The number of nitrogens with one attached hydrogen (secondary N) is 2. The fraction of sp³-hybridized carbons (Fsp3) is 0.182. The molecule has 0 spiro atoms. The lowest BCUT2D eigenvalue weighted by Gasteiger charge is -2.10. The lowest BCUT2D eigenvalue weighted by atomic mass is 10.1. The summed E-state index contributed by atoms with van der Waals surface area (Å²) in [6.07, 6.45) is -4.49. The van der Waals surface area contributed by atoms with E-state index in [9.17, 15) is 27.6 Å². The Morgan fingerprint density at radius 2 is 1.56 bits per heavy atom. The van der Waals surface area contributed by atoms with Gasteiger partial charge in [0.05, 0.1) is 5.56 Å². The van der Waals surface area contributed by atoms with Gasteiger partial charge in [-0.15, -0.1) is 0 Å². The quantitative estimate of drug-likeness (QED) is 0.627. The minimum absolute atomic E-state index is 0.0786. The Kier molecular flexibility index (Phi) is 6.42. The summed E-state index contributed by atoms with van der Waals surface area (Å²) in [4.78, 5) is 36.7. The van der Waals surface area contributed by atoms with Gasteiger partial charge in [-0.2, -0.15) is 18.3 Å². The van der Waals surface area contributed by atoms with Crippen LogP contribution in [0.4, 0.5) is 24.5 Å². The van der Waals surface area contributed by atoms with Crippen molar-refractivity contribution < 1.29 is 22.8 Å². The van der Waals surface area contributed by atoms with E-state index in [2.05, 4.69) is 15.7 Å². The van der Waals surface area contributed by atoms with Gasteiger partial charge in [-0.3, -0.25) is 14.4 Å². The number of carbonyl (C=O) groups excluding carboxylic acids is 2. The Labute approximate surface area is 180 Å². The fourth-order valence-electron chi connectivity index (χ4n) is 2.78. The zero-order valence-electron chi connectivity index (χ0n) is 17.2. The number of aromatic nitrogens is 2. The summed E-state index contributed by atoms with van der Waals surface area (Å²) in [5.41, 5.74) is 1.18. The first kappa shape index (κ1) is 22.7. The highest BCUT2D eigenvalue weighted by molar-refractivity contribution is 6.02. The van der Waals surface area contributed by atoms with Gasteiger partial charge in [0, 0.05) is 17.4 Å². The zero-order valence-corrected chi connectivity index (χ0v) is 17.2. The van der Waals surface area contributed by atoms with Gasteiger partial charge in [0.2, 0.25) is 5.91 Å². The molecule has 3 aromatic rings. The summed E-state index contributed by atoms with van der Waals surface area (Å²) >= 11 is 0. The van der Waals surface area contributed by atoms with Crippen LogP contribution in [0.25, 0.3) is 0 Å². The molecule has 2 amide bonds. The van der Waals surface area contributed by atoms with E-state index in [0.717, 1.165) is 46.1 Å². The largest absolute Gasteiger partial charge is 0.416 e. The van der Waals surface area contributed by atoms with Crippen LogP contribution in [0.5, 0.6) is 0 Å². The molecule has 1 aromatic heterocycles. The molecule has 166 valence electrons. The molecule has 0 aliphatic heterocycles. The Morgan fingerprint density at radius 1 is 0.906 bits per heavy atom. The smallest absolute Gasteiger partial charge is 0.324 e. The van der Waals surface area contributed by atoms with E-state index in [-0.39, 0.29) is 11.4 Å². The second kappa shape index (κ2) is 9.04. The molecular formula is C22H19F3N4O3. The van der Waals surface area contributed by atoms with Crippen LogP contribution in [-0.4, -0.2) is 21.6 Å². The van der Waals surface area contributed by atoms with Gasteiger partial charge in [-0.05, 0) is 67.4 Å². The minimum atomic E-state index is -4.49. The Bertz CT molecular complexity index is 1220. The van der Waals surface area contributed by atoms with Crippen molar-refractivity contribution in [3.8, 4) is 0 Å². The molecule has 0 atom stereocenters. The van der Waals surface area contributed by atoms with Crippen LogP contribution in [-0.2, 0) is 17.5 Å². The maximum Gasteiger partial charge on any atom is 0.416 e. The summed E-state index contributed by atoms with van der Waals surface area (Å²) < 4.78 is 38.7. The van der Waals surface area contributed by atoms with Crippen LogP contribution in [0.3, 0.4) is 0 Å². The monoisotopic (exact) mass is 444 g/mol. The van der Waals surface area contributed by atoms with Crippen molar-refractivity contribution in [1.82, 2.24) is 9.78 Å². The molecule has 3 rings (SSSR count). The van der Waals surface area contributed by atoms with Crippen molar-refractivity contribution in [2.75, 3.05) is 10.6 Å². The average Bonchev–Trinajstić information content (AvgIpc) is 2.72. The Morgan fingerprint density at radius 3 is 2.19 bits per heavy atom. The first-order valence-corrected chi connectivity index (χ1v) is 9.47. The van der Waals surface area contributed by atoms with Crippen LogP contribution < -0.4 is 16.2 Å². The Hall–Kier alpha value is -3.95. The van der Waals surface area contributed by atoms with Gasteiger partial charge in [-0.1, -0.05) is 6.07 Å². The van der Waals surface area contributed by atoms with Crippen LogP contribution in [0.15, 0.2) is 59.4 Å². The molecule has 0 bridgehead atoms. The third kappa shape index (κ3) is 5.60. The molecule has 32 heavy (non-hydrogen) atoms. The molecule has 0 radical (unpaired) electrons. The zero-order chi connectivity index (χ0) is 23.5. The first-order chi connectivity index (χ1) is 15.0. The molecule has 0 saturated heterocycles. The van der Waals surface area contributed by atoms with Gasteiger partial charge < -0.3 is 10.6 Å². The average molecular weight is 444 g/mol. The number of hydrogen-bond acceptors (Lipinski definition) is 4. The van der Waals surface area contributed by atoms with Crippen molar-refractivity contribution in [3.05, 3.63) is 87.3 Å². The van der Waals surface area contributed by atoms with E-state index in [1.54, 1.807) is 12.1 Å². The summed E-state index contributed by atoms with van der Waals surface area (Å²) in [6, 6.07) is 11.6. The lowest BCUT2D eigenvalue weighted by molar-refractivity contribution is -0.137. The maximum atomic E-state index is 12.6. The highest BCUT2D eigenvalue weighted by Gasteiger charge is 2.30. The van der Waals surface area contributed by atoms with Crippen LogP contribution >= 0.6 is 0 Å². The SMILES string of the molecule is Cc1ccc(NC(=O)c2ccc(=O)n(CC(=O)Nc3ccc(C(F)(F)F)cc3)n2)cc1C. The second-order valence-corrected chi connectivity index (χ2v) is 7.09. The summed E-state index contributed by atoms with van der Waals surface area (Å²) in [5.74, 6) is -1.25. The number of nitrogens with zero attached hydrogens (tertiary/aromatic N) is 2. The Balaban J connectivity index is 1.69. The number of anilines is 2. The highest BCUT2D eigenvalue weighted by atomic mass is 19.4. The molecule has 0 aliphatic rings. The normalized spacial score (nSPS) is 11.2. The molecule has 1 heterocycles. The fourth-order valence-corrected chi connectivity index (χ4v) is 2.78. The topological polar surface area (TPSA) is 93.1 Å². The van der Waals surface area contributed by atoms with E-state index < -0.39 is 35.7 Å².